The van der Waals surface area contributed by atoms with E-state index in [1.54, 1.807) is 7.11 Å². The number of hydrogen-bond donors (Lipinski definition) is 2. The van der Waals surface area contributed by atoms with E-state index in [1.165, 1.54) is 0 Å². The van der Waals surface area contributed by atoms with Crippen molar-refractivity contribution >= 4 is 5.69 Å². The maximum absolute atomic E-state index is 9.97. The van der Waals surface area contributed by atoms with E-state index < -0.39 is 0 Å². The Labute approximate surface area is 125 Å². The molecule has 4 nitrogen and oxygen atoms in total. The minimum Gasteiger partial charge on any atom is -0.507 e. The van der Waals surface area contributed by atoms with Crippen molar-refractivity contribution in [2.45, 2.75) is 13.5 Å². The molecule has 0 aliphatic carbocycles. The molecule has 2 rings (SSSR count). The molecule has 0 heterocycles. The summed E-state index contributed by atoms with van der Waals surface area (Å²) in [5.41, 5.74) is 2.75. The topological polar surface area (TPSA) is 50.7 Å². The molecule has 0 saturated carbocycles. The number of benzene rings is 2. The fourth-order valence-corrected chi connectivity index (χ4v) is 1.97. The number of phenolic OH excluding ortho intramolecular Hbond substituents is 1. The lowest BCUT2D eigenvalue weighted by Crippen LogP contribution is -2.04. The first-order valence-corrected chi connectivity index (χ1v) is 6.94. The molecule has 4 heteroatoms. The molecule has 0 amide bonds. The zero-order chi connectivity index (χ0) is 15.1. The second-order valence-electron chi connectivity index (χ2n) is 4.80. The van der Waals surface area contributed by atoms with Crippen molar-refractivity contribution in [1.29, 1.82) is 0 Å². The fraction of sp³-hybridized carbons (Fsp3) is 0.294. The Morgan fingerprint density at radius 1 is 1.05 bits per heavy atom. The molecular weight excluding hydrogens is 266 g/mol. The van der Waals surface area contributed by atoms with Crippen LogP contribution in [-0.2, 0) is 11.3 Å². The quantitative estimate of drug-likeness (QED) is 0.767. The van der Waals surface area contributed by atoms with Crippen molar-refractivity contribution in [3.8, 4) is 11.5 Å². The predicted molar refractivity (Wildman–Crippen MR) is 84.0 cm³/mol. The Balaban J connectivity index is 1.90. The van der Waals surface area contributed by atoms with Gasteiger partial charge in [0.15, 0.2) is 0 Å². The summed E-state index contributed by atoms with van der Waals surface area (Å²) in [5.74, 6) is 1.17. The third kappa shape index (κ3) is 4.39. The number of ether oxygens (including phenoxy) is 2. The lowest BCUT2D eigenvalue weighted by molar-refractivity contribution is 0.146. The highest BCUT2D eigenvalue weighted by Gasteiger charge is 2.03. The number of anilines is 1. The maximum Gasteiger partial charge on any atom is 0.123 e. The van der Waals surface area contributed by atoms with Gasteiger partial charge in [-0.05, 0) is 36.8 Å². The number of rotatable bonds is 7. The van der Waals surface area contributed by atoms with Crippen molar-refractivity contribution in [3.05, 3.63) is 53.6 Å². The number of para-hydroxylation sites is 1. The summed E-state index contributed by atoms with van der Waals surface area (Å²) in [7, 11) is 1.65. The summed E-state index contributed by atoms with van der Waals surface area (Å²) >= 11 is 0. The molecule has 0 saturated heterocycles. The molecule has 21 heavy (non-hydrogen) atoms. The van der Waals surface area contributed by atoms with Crippen molar-refractivity contribution in [2.75, 3.05) is 25.6 Å². The van der Waals surface area contributed by atoms with Gasteiger partial charge >= 0.3 is 0 Å². The lowest BCUT2D eigenvalue weighted by atomic mass is 10.1. The number of methoxy groups -OCH3 is 1. The maximum atomic E-state index is 9.97. The lowest BCUT2D eigenvalue weighted by Gasteiger charge is -2.11. The van der Waals surface area contributed by atoms with Gasteiger partial charge in [-0.15, -0.1) is 0 Å². The highest BCUT2D eigenvalue weighted by molar-refractivity contribution is 5.48. The number of aryl methyl sites for hydroxylation is 1. The minimum atomic E-state index is 0.351. The van der Waals surface area contributed by atoms with E-state index in [0.717, 1.165) is 22.6 Å². The van der Waals surface area contributed by atoms with Gasteiger partial charge < -0.3 is 19.9 Å². The van der Waals surface area contributed by atoms with Crippen LogP contribution in [0.4, 0.5) is 5.69 Å². The summed E-state index contributed by atoms with van der Waals surface area (Å²) in [6, 6.07) is 13.5. The molecule has 0 spiro atoms. The molecule has 2 aromatic rings. The number of phenols is 1. The normalized spacial score (nSPS) is 10.4. The van der Waals surface area contributed by atoms with E-state index in [9.17, 15) is 5.11 Å². The van der Waals surface area contributed by atoms with E-state index in [2.05, 4.69) is 5.32 Å². The first kappa shape index (κ1) is 15.2. The van der Waals surface area contributed by atoms with Crippen LogP contribution in [0.2, 0.25) is 0 Å². The third-order valence-corrected chi connectivity index (χ3v) is 3.21. The van der Waals surface area contributed by atoms with Gasteiger partial charge in [0.1, 0.15) is 18.1 Å². The summed E-state index contributed by atoms with van der Waals surface area (Å²) in [4.78, 5) is 0. The van der Waals surface area contributed by atoms with Crippen molar-refractivity contribution in [1.82, 2.24) is 0 Å². The summed E-state index contributed by atoms with van der Waals surface area (Å²) in [6.07, 6.45) is 0. The summed E-state index contributed by atoms with van der Waals surface area (Å²) < 4.78 is 10.4. The van der Waals surface area contributed by atoms with E-state index >= 15 is 0 Å². The SMILES string of the molecule is COCCOc1ccc(NCc2cccc(C)c2O)cc1. The third-order valence-electron chi connectivity index (χ3n) is 3.21. The predicted octanol–water partition coefficient (Wildman–Crippen LogP) is 3.34. The molecule has 0 aliphatic rings. The zero-order valence-corrected chi connectivity index (χ0v) is 12.4. The Morgan fingerprint density at radius 2 is 1.81 bits per heavy atom. The summed E-state index contributed by atoms with van der Waals surface area (Å²) in [6.45, 7) is 3.59. The molecule has 0 aromatic heterocycles. The average molecular weight is 287 g/mol. The van der Waals surface area contributed by atoms with Crippen LogP contribution in [0.5, 0.6) is 11.5 Å². The number of aromatic hydroxyl groups is 1. The molecular formula is C17H21NO3. The molecule has 0 bridgehead atoms. The highest BCUT2D eigenvalue weighted by Crippen LogP contribution is 2.23. The molecule has 2 aromatic carbocycles. The average Bonchev–Trinajstić information content (AvgIpc) is 2.50. The molecule has 112 valence electrons. The van der Waals surface area contributed by atoms with Gasteiger partial charge in [0.2, 0.25) is 0 Å². The van der Waals surface area contributed by atoms with Crippen LogP contribution in [-0.4, -0.2) is 25.4 Å². The van der Waals surface area contributed by atoms with Crippen LogP contribution >= 0.6 is 0 Å². The standard InChI is InChI=1S/C17H21NO3/c1-13-4-3-5-14(17(13)19)12-18-15-6-8-16(9-7-15)21-11-10-20-2/h3-9,18-19H,10-12H2,1-2H3. The van der Waals surface area contributed by atoms with E-state index in [1.807, 2.05) is 49.4 Å². The van der Waals surface area contributed by atoms with Gasteiger partial charge in [0, 0.05) is 24.9 Å². The van der Waals surface area contributed by atoms with Gasteiger partial charge in [-0.1, -0.05) is 18.2 Å². The van der Waals surface area contributed by atoms with Crippen LogP contribution in [0, 0.1) is 6.92 Å². The first-order chi connectivity index (χ1) is 10.2. The van der Waals surface area contributed by atoms with Gasteiger partial charge in [-0.25, -0.2) is 0 Å². The second-order valence-corrected chi connectivity index (χ2v) is 4.80. The molecule has 0 unspecified atom stereocenters. The van der Waals surface area contributed by atoms with E-state index in [4.69, 9.17) is 9.47 Å². The van der Waals surface area contributed by atoms with E-state index in [-0.39, 0.29) is 0 Å². The molecule has 0 atom stereocenters. The van der Waals surface area contributed by atoms with Crippen molar-refractivity contribution in [3.63, 3.8) is 0 Å². The van der Waals surface area contributed by atoms with Gasteiger partial charge in [0.05, 0.1) is 6.61 Å². The zero-order valence-electron chi connectivity index (χ0n) is 12.4. The first-order valence-electron chi connectivity index (χ1n) is 6.94. The fourth-order valence-electron chi connectivity index (χ4n) is 1.97. The molecule has 2 N–H and O–H groups in total. The van der Waals surface area contributed by atoms with Crippen LogP contribution in [0.25, 0.3) is 0 Å². The summed E-state index contributed by atoms with van der Waals surface area (Å²) in [5, 5.41) is 13.3. The van der Waals surface area contributed by atoms with Crippen LogP contribution in [0.1, 0.15) is 11.1 Å². The second kappa shape index (κ2) is 7.55. The van der Waals surface area contributed by atoms with E-state index in [0.29, 0.717) is 25.5 Å². The van der Waals surface area contributed by atoms with Crippen molar-refractivity contribution in [2.24, 2.45) is 0 Å². The Kier molecular flexibility index (Phi) is 5.46. The van der Waals surface area contributed by atoms with Crippen molar-refractivity contribution < 1.29 is 14.6 Å². The van der Waals surface area contributed by atoms with Gasteiger partial charge in [0.25, 0.3) is 0 Å². The minimum absolute atomic E-state index is 0.351. The van der Waals surface area contributed by atoms with Crippen LogP contribution < -0.4 is 10.1 Å². The Hall–Kier alpha value is -2.20. The van der Waals surface area contributed by atoms with Gasteiger partial charge in [-0.2, -0.15) is 0 Å². The Morgan fingerprint density at radius 3 is 2.52 bits per heavy atom. The van der Waals surface area contributed by atoms with Crippen LogP contribution in [0.3, 0.4) is 0 Å². The smallest absolute Gasteiger partial charge is 0.123 e. The number of hydrogen-bond acceptors (Lipinski definition) is 4. The number of nitrogens with one attached hydrogen (secondary N) is 1. The Bertz CT molecular complexity index is 567. The monoisotopic (exact) mass is 287 g/mol. The largest absolute Gasteiger partial charge is 0.507 e. The molecule has 0 aliphatic heterocycles. The molecule has 0 fully saturated rings. The van der Waals surface area contributed by atoms with Gasteiger partial charge in [-0.3, -0.25) is 0 Å². The highest BCUT2D eigenvalue weighted by atomic mass is 16.5. The molecule has 0 radical (unpaired) electrons. The van der Waals surface area contributed by atoms with Crippen LogP contribution in [0.15, 0.2) is 42.5 Å².